The van der Waals surface area contributed by atoms with Crippen molar-refractivity contribution in [1.82, 2.24) is 0 Å². The standard InChI is InChI=1S/C16H26O/c1-14(2)8-5-9-15(3)12(14)6-10-16(4)13(15)7-11-17-16/h7,12H,5-6,8-11H2,1-4H3/t12-,15+,16-/m1/s1. The van der Waals surface area contributed by atoms with Gasteiger partial charge in [-0.2, -0.15) is 0 Å². The molecule has 1 heteroatoms. The third-order valence-corrected chi connectivity index (χ3v) is 6.01. The van der Waals surface area contributed by atoms with Gasteiger partial charge in [0.1, 0.15) is 0 Å². The second-order valence-electron chi connectivity index (χ2n) is 7.51. The van der Waals surface area contributed by atoms with E-state index in [0.29, 0.717) is 10.8 Å². The highest BCUT2D eigenvalue weighted by molar-refractivity contribution is 5.32. The molecule has 2 fully saturated rings. The van der Waals surface area contributed by atoms with Crippen LogP contribution in [0.2, 0.25) is 0 Å². The summed E-state index contributed by atoms with van der Waals surface area (Å²) in [6, 6.07) is 0. The Bertz CT molecular complexity index is 368. The predicted molar refractivity (Wildman–Crippen MR) is 70.9 cm³/mol. The molecule has 96 valence electrons. The Morgan fingerprint density at radius 1 is 1.12 bits per heavy atom. The summed E-state index contributed by atoms with van der Waals surface area (Å²) in [5.41, 5.74) is 2.62. The fourth-order valence-corrected chi connectivity index (χ4v) is 5.22. The topological polar surface area (TPSA) is 9.23 Å². The van der Waals surface area contributed by atoms with Crippen molar-refractivity contribution in [2.45, 2.75) is 65.4 Å². The van der Waals surface area contributed by atoms with Crippen LogP contribution in [-0.2, 0) is 4.74 Å². The molecule has 0 aromatic rings. The van der Waals surface area contributed by atoms with Crippen LogP contribution in [0.1, 0.15) is 59.8 Å². The Balaban J connectivity index is 2.04. The van der Waals surface area contributed by atoms with Crippen LogP contribution in [0.15, 0.2) is 11.6 Å². The van der Waals surface area contributed by atoms with Crippen molar-refractivity contribution in [2.75, 3.05) is 6.61 Å². The lowest BCUT2D eigenvalue weighted by Crippen LogP contribution is -2.52. The van der Waals surface area contributed by atoms with Gasteiger partial charge in [0.05, 0.1) is 12.2 Å². The van der Waals surface area contributed by atoms with Crippen molar-refractivity contribution in [3.63, 3.8) is 0 Å². The lowest BCUT2D eigenvalue weighted by molar-refractivity contribution is -0.0709. The van der Waals surface area contributed by atoms with Crippen LogP contribution in [-0.4, -0.2) is 12.2 Å². The molecular weight excluding hydrogens is 208 g/mol. The third-order valence-electron chi connectivity index (χ3n) is 6.01. The smallest absolute Gasteiger partial charge is 0.0874 e. The lowest BCUT2D eigenvalue weighted by atomic mass is 9.48. The number of hydrogen-bond donors (Lipinski definition) is 0. The van der Waals surface area contributed by atoms with Crippen molar-refractivity contribution in [3.05, 3.63) is 11.6 Å². The Hall–Kier alpha value is -0.300. The average Bonchev–Trinajstić information content (AvgIpc) is 2.60. The molecule has 0 radical (unpaired) electrons. The van der Waals surface area contributed by atoms with E-state index in [4.69, 9.17) is 4.74 Å². The fourth-order valence-electron chi connectivity index (χ4n) is 5.22. The highest BCUT2D eigenvalue weighted by Crippen LogP contribution is 2.63. The second kappa shape index (κ2) is 3.38. The monoisotopic (exact) mass is 234 g/mol. The Morgan fingerprint density at radius 2 is 1.88 bits per heavy atom. The van der Waals surface area contributed by atoms with Crippen LogP contribution in [0.4, 0.5) is 0 Å². The zero-order chi connectivity index (χ0) is 12.3. The van der Waals surface area contributed by atoms with Gasteiger partial charge in [-0.3, -0.25) is 0 Å². The molecule has 2 saturated carbocycles. The van der Waals surface area contributed by atoms with E-state index in [9.17, 15) is 0 Å². The van der Waals surface area contributed by atoms with Crippen molar-refractivity contribution in [1.29, 1.82) is 0 Å². The van der Waals surface area contributed by atoms with Gasteiger partial charge in [0.25, 0.3) is 0 Å². The van der Waals surface area contributed by atoms with Crippen LogP contribution >= 0.6 is 0 Å². The SMILES string of the molecule is CC1(C)CCC[C@]2(C)C3=CCO[C@]3(C)CC[C@H]12. The van der Waals surface area contributed by atoms with Crippen molar-refractivity contribution >= 4 is 0 Å². The molecule has 0 aromatic heterocycles. The Morgan fingerprint density at radius 3 is 2.65 bits per heavy atom. The van der Waals surface area contributed by atoms with E-state index in [0.717, 1.165) is 12.5 Å². The van der Waals surface area contributed by atoms with E-state index in [1.54, 1.807) is 5.57 Å². The van der Waals surface area contributed by atoms with Crippen molar-refractivity contribution in [2.24, 2.45) is 16.7 Å². The fraction of sp³-hybridized carbons (Fsp3) is 0.875. The molecule has 1 heterocycles. The molecule has 17 heavy (non-hydrogen) atoms. The quantitative estimate of drug-likeness (QED) is 0.567. The van der Waals surface area contributed by atoms with Crippen LogP contribution in [0.25, 0.3) is 0 Å². The molecule has 0 aromatic carbocycles. The van der Waals surface area contributed by atoms with E-state index in [-0.39, 0.29) is 5.60 Å². The van der Waals surface area contributed by atoms with E-state index >= 15 is 0 Å². The first-order valence-corrected chi connectivity index (χ1v) is 7.24. The average molecular weight is 234 g/mol. The van der Waals surface area contributed by atoms with E-state index in [1.807, 2.05) is 0 Å². The molecule has 0 saturated heterocycles. The second-order valence-corrected chi connectivity index (χ2v) is 7.51. The molecule has 3 rings (SSSR count). The van der Waals surface area contributed by atoms with Crippen LogP contribution in [0, 0.1) is 16.7 Å². The van der Waals surface area contributed by atoms with Gasteiger partial charge in [0.2, 0.25) is 0 Å². The van der Waals surface area contributed by atoms with Gasteiger partial charge in [0, 0.05) is 0 Å². The molecule has 3 aliphatic rings. The van der Waals surface area contributed by atoms with E-state index < -0.39 is 0 Å². The summed E-state index contributed by atoms with van der Waals surface area (Å²) >= 11 is 0. The lowest BCUT2D eigenvalue weighted by Gasteiger charge is -2.58. The first kappa shape index (κ1) is 11.8. The van der Waals surface area contributed by atoms with E-state index in [2.05, 4.69) is 33.8 Å². The minimum atomic E-state index is 0.0681. The summed E-state index contributed by atoms with van der Waals surface area (Å²) < 4.78 is 6.03. The Labute approximate surface area is 106 Å². The van der Waals surface area contributed by atoms with Gasteiger partial charge in [-0.1, -0.05) is 33.3 Å². The number of hydrogen-bond acceptors (Lipinski definition) is 1. The molecule has 0 amide bonds. The van der Waals surface area contributed by atoms with Gasteiger partial charge in [0.15, 0.2) is 0 Å². The summed E-state index contributed by atoms with van der Waals surface area (Å²) in [5.74, 6) is 0.852. The minimum Gasteiger partial charge on any atom is -0.367 e. The first-order chi connectivity index (χ1) is 7.89. The molecule has 0 bridgehead atoms. The number of fused-ring (bicyclic) bond motifs is 3. The Kier molecular flexibility index (Phi) is 2.34. The molecule has 3 atom stereocenters. The van der Waals surface area contributed by atoms with Crippen molar-refractivity contribution in [3.8, 4) is 0 Å². The van der Waals surface area contributed by atoms with E-state index in [1.165, 1.54) is 32.1 Å². The molecular formula is C16H26O. The van der Waals surface area contributed by atoms with Gasteiger partial charge in [-0.05, 0) is 54.9 Å². The normalized spacial score (nSPS) is 48.2. The molecule has 0 spiro atoms. The van der Waals surface area contributed by atoms with Crippen LogP contribution in [0.3, 0.4) is 0 Å². The first-order valence-electron chi connectivity index (χ1n) is 7.24. The summed E-state index contributed by atoms with van der Waals surface area (Å²) in [7, 11) is 0. The minimum absolute atomic E-state index is 0.0681. The summed E-state index contributed by atoms with van der Waals surface area (Å²) in [5, 5.41) is 0. The molecule has 2 aliphatic carbocycles. The largest absolute Gasteiger partial charge is 0.367 e. The summed E-state index contributed by atoms with van der Waals surface area (Å²) in [4.78, 5) is 0. The highest BCUT2D eigenvalue weighted by Gasteiger charge is 2.56. The van der Waals surface area contributed by atoms with Crippen LogP contribution < -0.4 is 0 Å². The number of rotatable bonds is 0. The maximum atomic E-state index is 6.03. The summed E-state index contributed by atoms with van der Waals surface area (Å²) in [6.45, 7) is 10.6. The zero-order valence-corrected chi connectivity index (χ0v) is 11.8. The van der Waals surface area contributed by atoms with Gasteiger partial charge >= 0.3 is 0 Å². The van der Waals surface area contributed by atoms with Crippen LogP contribution in [0.5, 0.6) is 0 Å². The van der Waals surface area contributed by atoms with Crippen molar-refractivity contribution < 1.29 is 4.74 Å². The highest BCUT2D eigenvalue weighted by atomic mass is 16.5. The van der Waals surface area contributed by atoms with Gasteiger partial charge < -0.3 is 4.74 Å². The molecule has 0 N–H and O–H groups in total. The third kappa shape index (κ3) is 1.47. The summed E-state index contributed by atoms with van der Waals surface area (Å²) in [6.07, 6.45) is 9.12. The van der Waals surface area contributed by atoms with Gasteiger partial charge in [-0.25, -0.2) is 0 Å². The maximum Gasteiger partial charge on any atom is 0.0874 e. The van der Waals surface area contributed by atoms with Gasteiger partial charge in [-0.15, -0.1) is 0 Å². The predicted octanol–water partition coefficient (Wildman–Crippen LogP) is 4.33. The molecule has 1 aliphatic heterocycles. The maximum absolute atomic E-state index is 6.03. The molecule has 0 unspecified atom stereocenters. The molecule has 1 nitrogen and oxygen atoms in total. The zero-order valence-electron chi connectivity index (χ0n) is 11.8. The number of ether oxygens (including phenoxy) is 1.